The Kier molecular flexibility index (Phi) is 14.5. The van der Waals surface area contributed by atoms with Gasteiger partial charge in [0, 0.05) is 6.54 Å². The number of alkyl carbamates (subject to hydrolysis) is 1. The fourth-order valence-electron chi connectivity index (χ4n) is 4.32. The van der Waals surface area contributed by atoms with E-state index in [1.54, 1.807) is 0 Å². The fraction of sp³-hybridized carbons (Fsp3) is 0.441. The molecular formula is C34H45NO7. The van der Waals surface area contributed by atoms with E-state index in [9.17, 15) is 4.79 Å². The quantitative estimate of drug-likeness (QED) is 0.147. The van der Waals surface area contributed by atoms with Gasteiger partial charge >= 0.3 is 6.09 Å². The van der Waals surface area contributed by atoms with Crippen molar-refractivity contribution in [3.63, 3.8) is 0 Å². The second-order valence-electron chi connectivity index (χ2n) is 10.5. The summed E-state index contributed by atoms with van der Waals surface area (Å²) in [6.07, 6.45) is -0.448. The molecule has 0 atom stereocenters. The average Bonchev–Trinajstić information content (AvgIpc) is 2.99. The van der Waals surface area contributed by atoms with Gasteiger partial charge in [-0.3, -0.25) is 0 Å². The second-order valence-corrected chi connectivity index (χ2v) is 10.5. The van der Waals surface area contributed by atoms with E-state index in [0.29, 0.717) is 66.0 Å². The minimum atomic E-state index is -0.751. The maximum atomic E-state index is 11.6. The second kappa shape index (κ2) is 18.3. The van der Waals surface area contributed by atoms with Crippen molar-refractivity contribution in [2.24, 2.45) is 0 Å². The van der Waals surface area contributed by atoms with Crippen LogP contribution in [0.3, 0.4) is 0 Å². The molecule has 8 heteroatoms. The lowest BCUT2D eigenvalue weighted by Gasteiger charge is -2.36. The van der Waals surface area contributed by atoms with Gasteiger partial charge in [0.05, 0.1) is 59.5 Å². The van der Waals surface area contributed by atoms with Crippen LogP contribution in [0.1, 0.15) is 37.5 Å². The van der Waals surface area contributed by atoms with E-state index in [0.717, 1.165) is 16.7 Å². The first-order valence-electron chi connectivity index (χ1n) is 14.5. The molecule has 8 nitrogen and oxygen atoms in total. The van der Waals surface area contributed by atoms with Gasteiger partial charge in [0.2, 0.25) is 0 Å². The summed E-state index contributed by atoms with van der Waals surface area (Å²) in [4.78, 5) is 11.6. The van der Waals surface area contributed by atoms with E-state index >= 15 is 0 Å². The minimum absolute atomic E-state index is 0.384. The SMILES string of the molecule is CC(C)(C)OC(=O)NCCOCCOCCOCCOCCOC(c1ccccc1)(c1ccccc1)c1ccccc1. The number of nitrogens with one attached hydrogen (secondary N) is 1. The predicted octanol–water partition coefficient (Wildman–Crippen LogP) is 5.59. The Morgan fingerprint density at radius 1 is 0.548 bits per heavy atom. The van der Waals surface area contributed by atoms with Crippen molar-refractivity contribution >= 4 is 6.09 Å². The number of carbonyl (C=O) groups is 1. The minimum Gasteiger partial charge on any atom is -0.444 e. The topological polar surface area (TPSA) is 84.5 Å². The molecule has 0 aliphatic heterocycles. The molecule has 42 heavy (non-hydrogen) atoms. The van der Waals surface area contributed by atoms with Crippen molar-refractivity contribution < 1.29 is 33.2 Å². The van der Waals surface area contributed by atoms with Gasteiger partial charge < -0.3 is 33.7 Å². The van der Waals surface area contributed by atoms with Crippen LogP contribution in [0, 0.1) is 0 Å². The molecule has 1 N–H and O–H groups in total. The molecule has 0 fully saturated rings. The summed E-state index contributed by atoms with van der Waals surface area (Å²) in [5, 5.41) is 2.65. The smallest absolute Gasteiger partial charge is 0.407 e. The molecule has 0 spiro atoms. The summed E-state index contributed by atoms with van der Waals surface area (Å²) < 4.78 is 34.2. The first-order valence-corrected chi connectivity index (χ1v) is 14.5. The summed E-state index contributed by atoms with van der Waals surface area (Å²) >= 11 is 0. The Bertz CT molecular complexity index is 1020. The first-order chi connectivity index (χ1) is 20.4. The van der Waals surface area contributed by atoms with E-state index in [1.807, 2.05) is 75.4 Å². The number of rotatable bonds is 19. The van der Waals surface area contributed by atoms with Gasteiger partial charge in [-0.05, 0) is 37.5 Å². The first kappa shape index (κ1) is 33.2. The van der Waals surface area contributed by atoms with Crippen molar-refractivity contribution in [3.05, 3.63) is 108 Å². The van der Waals surface area contributed by atoms with E-state index in [1.165, 1.54) is 0 Å². The van der Waals surface area contributed by atoms with Crippen LogP contribution in [0.15, 0.2) is 91.0 Å². The Hall–Kier alpha value is -3.27. The van der Waals surface area contributed by atoms with Crippen LogP contribution in [0.5, 0.6) is 0 Å². The zero-order chi connectivity index (χ0) is 29.9. The molecule has 0 bridgehead atoms. The van der Waals surface area contributed by atoms with E-state index in [2.05, 4.69) is 41.7 Å². The highest BCUT2D eigenvalue weighted by Gasteiger charge is 2.37. The molecule has 0 heterocycles. The lowest BCUT2D eigenvalue weighted by atomic mass is 9.80. The summed E-state index contributed by atoms with van der Waals surface area (Å²) in [5.74, 6) is 0. The molecule has 0 saturated carbocycles. The maximum Gasteiger partial charge on any atom is 0.407 e. The largest absolute Gasteiger partial charge is 0.444 e. The molecule has 3 rings (SSSR count). The molecule has 0 aliphatic carbocycles. The molecular weight excluding hydrogens is 534 g/mol. The Morgan fingerprint density at radius 3 is 1.29 bits per heavy atom. The number of amides is 1. The molecule has 0 radical (unpaired) electrons. The van der Waals surface area contributed by atoms with Crippen molar-refractivity contribution in [1.82, 2.24) is 5.32 Å². The van der Waals surface area contributed by atoms with Crippen LogP contribution in [-0.4, -0.2) is 77.7 Å². The summed E-state index contributed by atoms with van der Waals surface area (Å²) in [5.41, 5.74) is 1.93. The highest BCUT2D eigenvalue weighted by Crippen LogP contribution is 2.40. The lowest BCUT2D eigenvalue weighted by Crippen LogP contribution is -2.34. The highest BCUT2D eigenvalue weighted by atomic mass is 16.6. The summed E-state index contributed by atoms with van der Waals surface area (Å²) in [7, 11) is 0. The van der Waals surface area contributed by atoms with Gasteiger partial charge in [-0.1, -0.05) is 91.0 Å². The number of carbonyl (C=O) groups excluding carboxylic acids is 1. The summed E-state index contributed by atoms with van der Waals surface area (Å²) in [6, 6.07) is 30.9. The van der Waals surface area contributed by atoms with Crippen LogP contribution in [0.4, 0.5) is 4.79 Å². The molecule has 0 unspecified atom stereocenters. The Balaban J connectivity index is 1.30. The normalized spacial score (nSPS) is 11.8. The van der Waals surface area contributed by atoms with E-state index in [4.69, 9.17) is 28.4 Å². The predicted molar refractivity (Wildman–Crippen MR) is 163 cm³/mol. The van der Waals surface area contributed by atoms with Crippen molar-refractivity contribution in [3.8, 4) is 0 Å². The van der Waals surface area contributed by atoms with Gasteiger partial charge in [0.15, 0.2) is 0 Å². The third-order valence-electron chi connectivity index (χ3n) is 6.12. The molecule has 3 aromatic rings. The molecule has 0 aromatic heterocycles. The van der Waals surface area contributed by atoms with Crippen LogP contribution < -0.4 is 5.32 Å². The van der Waals surface area contributed by atoms with Crippen molar-refractivity contribution in [2.45, 2.75) is 32.0 Å². The molecule has 3 aromatic carbocycles. The van der Waals surface area contributed by atoms with E-state index in [-0.39, 0.29) is 0 Å². The van der Waals surface area contributed by atoms with Crippen molar-refractivity contribution in [2.75, 3.05) is 66.0 Å². The molecule has 0 saturated heterocycles. The van der Waals surface area contributed by atoms with Gasteiger partial charge in [0.25, 0.3) is 0 Å². The Labute approximate surface area is 250 Å². The Morgan fingerprint density at radius 2 is 0.905 bits per heavy atom. The standard InChI is InChI=1S/C34H45NO7/c1-33(2,3)42-32(36)35-19-20-37-21-22-38-23-24-39-25-26-40-27-28-41-34(29-13-7-4-8-14-29,30-15-9-5-10-16-30)31-17-11-6-12-18-31/h4-18H,19-28H2,1-3H3,(H,35,36). The molecule has 228 valence electrons. The third kappa shape index (κ3) is 11.5. The van der Waals surface area contributed by atoms with Gasteiger partial charge in [-0.2, -0.15) is 0 Å². The van der Waals surface area contributed by atoms with Crippen LogP contribution in [-0.2, 0) is 34.0 Å². The van der Waals surface area contributed by atoms with E-state index < -0.39 is 17.3 Å². The zero-order valence-corrected chi connectivity index (χ0v) is 25.1. The molecule has 1 amide bonds. The number of benzene rings is 3. The van der Waals surface area contributed by atoms with Crippen molar-refractivity contribution in [1.29, 1.82) is 0 Å². The zero-order valence-electron chi connectivity index (χ0n) is 25.1. The van der Waals surface area contributed by atoms with Gasteiger partial charge in [-0.15, -0.1) is 0 Å². The number of hydrogen-bond acceptors (Lipinski definition) is 7. The van der Waals surface area contributed by atoms with Gasteiger partial charge in [0.1, 0.15) is 11.2 Å². The van der Waals surface area contributed by atoms with Gasteiger partial charge in [-0.25, -0.2) is 4.79 Å². The number of ether oxygens (including phenoxy) is 6. The third-order valence-corrected chi connectivity index (χ3v) is 6.12. The average molecular weight is 580 g/mol. The maximum absolute atomic E-state index is 11.6. The monoisotopic (exact) mass is 579 g/mol. The lowest BCUT2D eigenvalue weighted by molar-refractivity contribution is -0.0383. The van der Waals surface area contributed by atoms with Crippen LogP contribution >= 0.6 is 0 Å². The van der Waals surface area contributed by atoms with Crippen LogP contribution in [0.2, 0.25) is 0 Å². The molecule has 0 aliphatic rings. The fourth-order valence-corrected chi connectivity index (χ4v) is 4.32. The van der Waals surface area contributed by atoms with Crippen LogP contribution in [0.25, 0.3) is 0 Å². The highest BCUT2D eigenvalue weighted by molar-refractivity contribution is 5.67. The summed E-state index contributed by atoms with van der Waals surface area (Å²) in [6.45, 7) is 9.86. The number of hydrogen-bond donors (Lipinski definition) is 1.